The Morgan fingerprint density at radius 3 is 1.19 bits per heavy atom. The number of aryl methyl sites for hydroxylation is 2. The summed E-state index contributed by atoms with van der Waals surface area (Å²) in [5.41, 5.74) is 20.3. The molecule has 0 fully saturated rings. The summed E-state index contributed by atoms with van der Waals surface area (Å²) in [6.07, 6.45) is 0.0936. The average Bonchev–Trinajstić information content (AvgIpc) is 3.33. The number of carbonyl (C=O) groups excluding carboxylic acids is 6. The fraction of sp³-hybridized carbons (Fsp3) is 0.500. The molecule has 2 aromatic heterocycles. The number of benzene rings is 2. The Hall–Kier alpha value is -6.44. The highest BCUT2D eigenvalue weighted by Crippen LogP contribution is 2.29. The molecule has 4 rings (SSSR count). The van der Waals surface area contributed by atoms with E-state index in [9.17, 15) is 29.4 Å². The summed E-state index contributed by atoms with van der Waals surface area (Å²) in [4.78, 5) is 102. The van der Waals surface area contributed by atoms with Gasteiger partial charge >= 0.3 is 12.2 Å². The van der Waals surface area contributed by atoms with Crippen LogP contribution in [0.1, 0.15) is 104 Å². The molecule has 74 heavy (non-hydrogen) atoms. The molecule has 6 amide bonds. The van der Waals surface area contributed by atoms with Crippen LogP contribution < -0.4 is 17.2 Å². The number of hydrogen-bond donors (Lipinski definition) is 5. The number of amides is 6. The highest BCUT2D eigenvalue weighted by Gasteiger charge is 2.52. The average molecular weight is 1020 g/mol. The molecule has 4 aromatic rings. The topological polar surface area (TPSA) is 275 Å². The molecule has 8 atom stereocenters. The molecule has 0 saturated heterocycles. The number of pyridine rings is 2. The highest BCUT2D eigenvalue weighted by atomic mass is 16.6. The standard InChI is InChI=1S/C56H78N8O10/c1-35(2)45(63(53(71)73-55(5,6)7)49(67)42(58)33-39-17-13-11-14-18-39)51(69)62(44(24-22-38-27-31-61-32-28-38)48(66)47(65)41(57)23-21-37-25-29-60-30-26-37)52(70)46(36(3)4)64(54(72)74-56(8,9)10)50(68)43(59)34-40-19-15-12-16-20-40/h11-20,25-32,35-36,41-48,65-66H,21-24,33-34,57-59H2,1-10H3/t41-,42-,43-,44-,45-,46-,47+,48+/m0/s1. The van der Waals surface area contributed by atoms with E-state index in [1.54, 1.807) is 167 Å². The molecule has 0 aliphatic rings. The zero-order valence-corrected chi connectivity index (χ0v) is 44.5. The second kappa shape index (κ2) is 27.2. The number of imide groups is 3. The number of hydrogen-bond acceptors (Lipinski definition) is 15. The van der Waals surface area contributed by atoms with Gasteiger partial charge in [-0.25, -0.2) is 19.4 Å². The van der Waals surface area contributed by atoms with Gasteiger partial charge in [0.05, 0.1) is 24.2 Å². The Bertz CT molecular complexity index is 2320. The summed E-state index contributed by atoms with van der Waals surface area (Å²) in [7, 11) is 0. The normalized spacial score (nSPS) is 15.1. The summed E-state index contributed by atoms with van der Waals surface area (Å²) in [6.45, 7) is 15.6. The molecule has 0 aliphatic carbocycles. The molecule has 8 N–H and O–H groups in total. The van der Waals surface area contributed by atoms with Crippen LogP contribution in [0.5, 0.6) is 0 Å². The van der Waals surface area contributed by atoms with E-state index in [-0.39, 0.29) is 32.1 Å². The van der Waals surface area contributed by atoms with Crippen LogP contribution in [0.3, 0.4) is 0 Å². The van der Waals surface area contributed by atoms with Crippen LogP contribution in [0, 0.1) is 11.8 Å². The number of carbonyl (C=O) groups is 6. The summed E-state index contributed by atoms with van der Waals surface area (Å²) < 4.78 is 11.6. The van der Waals surface area contributed by atoms with Gasteiger partial charge in [-0.1, -0.05) is 88.4 Å². The first-order valence-corrected chi connectivity index (χ1v) is 25.2. The van der Waals surface area contributed by atoms with E-state index in [2.05, 4.69) is 9.97 Å². The van der Waals surface area contributed by atoms with Crippen molar-refractivity contribution in [1.82, 2.24) is 24.7 Å². The molecule has 402 valence electrons. The monoisotopic (exact) mass is 1020 g/mol. The van der Waals surface area contributed by atoms with Crippen LogP contribution >= 0.6 is 0 Å². The van der Waals surface area contributed by atoms with E-state index in [0.29, 0.717) is 37.8 Å². The number of nitrogens with two attached hydrogens (primary N) is 3. The quantitative estimate of drug-likeness (QED) is 0.0647. The minimum Gasteiger partial charge on any atom is -0.443 e. The zero-order valence-electron chi connectivity index (χ0n) is 44.5. The predicted octanol–water partition coefficient (Wildman–Crippen LogP) is 5.53. The third-order valence-electron chi connectivity index (χ3n) is 12.2. The molecule has 2 aromatic carbocycles. The Kier molecular flexibility index (Phi) is 22.1. The lowest BCUT2D eigenvalue weighted by Gasteiger charge is -2.44. The lowest BCUT2D eigenvalue weighted by molar-refractivity contribution is -0.166. The summed E-state index contributed by atoms with van der Waals surface area (Å²) in [6, 6.07) is 15.0. The fourth-order valence-electron chi connectivity index (χ4n) is 8.53. The maximum Gasteiger partial charge on any atom is 0.417 e. The van der Waals surface area contributed by atoms with Gasteiger partial charge in [0.25, 0.3) is 11.8 Å². The van der Waals surface area contributed by atoms with Gasteiger partial charge < -0.3 is 36.9 Å². The molecular formula is C56H78N8O10. The van der Waals surface area contributed by atoms with E-state index < -0.39 is 107 Å². The van der Waals surface area contributed by atoms with E-state index in [0.717, 1.165) is 5.56 Å². The van der Waals surface area contributed by atoms with Gasteiger partial charge in [-0.05, 0) is 138 Å². The van der Waals surface area contributed by atoms with E-state index in [1.807, 2.05) is 0 Å². The number of ether oxygens (including phenoxy) is 2. The Morgan fingerprint density at radius 1 is 0.500 bits per heavy atom. The van der Waals surface area contributed by atoms with Gasteiger partial charge in [0.2, 0.25) is 11.8 Å². The Morgan fingerprint density at radius 2 is 0.851 bits per heavy atom. The second-order valence-corrected chi connectivity index (χ2v) is 21.4. The van der Waals surface area contributed by atoms with Crippen LogP contribution in [-0.2, 0) is 54.3 Å². The van der Waals surface area contributed by atoms with Crippen LogP contribution in [-0.4, -0.2) is 130 Å². The van der Waals surface area contributed by atoms with Crippen molar-refractivity contribution in [3.63, 3.8) is 0 Å². The summed E-state index contributed by atoms with van der Waals surface area (Å²) in [5.74, 6) is -6.47. The van der Waals surface area contributed by atoms with E-state index >= 15 is 9.59 Å². The Balaban J connectivity index is 2.04. The van der Waals surface area contributed by atoms with Gasteiger partial charge in [0, 0.05) is 30.8 Å². The number of aromatic nitrogens is 2. The van der Waals surface area contributed by atoms with Crippen molar-refractivity contribution in [1.29, 1.82) is 0 Å². The van der Waals surface area contributed by atoms with Crippen molar-refractivity contribution in [2.45, 2.75) is 167 Å². The van der Waals surface area contributed by atoms with Crippen LogP contribution in [0.15, 0.2) is 110 Å². The largest absolute Gasteiger partial charge is 0.443 e. The number of aliphatic hydroxyl groups excluding tert-OH is 2. The van der Waals surface area contributed by atoms with Crippen LogP contribution in [0.2, 0.25) is 0 Å². The van der Waals surface area contributed by atoms with Gasteiger partial charge in [-0.15, -0.1) is 0 Å². The molecule has 0 unspecified atom stereocenters. The molecular weight excluding hydrogens is 945 g/mol. The number of aliphatic hydroxyl groups is 2. The molecule has 0 saturated carbocycles. The number of nitrogens with zero attached hydrogens (tertiary/aromatic N) is 5. The minimum absolute atomic E-state index is 0.0618. The van der Waals surface area contributed by atoms with Crippen molar-refractivity contribution in [2.24, 2.45) is 29.0 Å². The third kappa shape index (κ3) is 17.3. The van der Waals surface area contributed by atoms with Crippen molar-refractivity contribution >= 4 is 35.8 Å². The highest BCUT2D eigenvalue weighted by molar-refractivity contribution is 6.08. The summed E-state index contributed by atoms with van der Waals surface area (Å²) in [5, 5.41) is 24.8. The lowest BCUT2D eigenvalue weighted by Crippen LogP contribution is -2.68. The first-order valence-electron chi connectivity index (χ1n) is 25.2. The minimum atomic E-state index is -2.02. The maximum absolute atomic E-state index is 16.3. The second-order valence-electron chi connectivity index (χ2n) is 21.4. The smallest absolute Gasteiger partial charge is 0.417 e. The van der Waals surface area contributed by atoms with Crippen molar-refractivity contribution in [3.05, 3.63) is 132 Å². The van der Waals surface area contributed by atoms with Gasteiger partial charge in [-0.2, -0.15) is 0 Å². The molecule has 0 aliphatic heterocycles. The van der Waals surface area contributed by atoms with Gasteiger partial charge in [0.1, 0.15) is 29.4 Å². The fourth-order valence-corrected chi connectivity index (χ4v) is 8.53. The van der Waals surface area contributed by atoms with Crippen molar-refractivity contribution in [3.8, 4) is 0 Å². The van der Waals surface area contributed by atoms with E-state index in [1.165, 1.54) is 12.4 Å². The molecule has 0 spiro atoms. The first-order chi connectivity index (χ1) is 34.7. The zero-order chi connectivity index (χ0) is 55.1. The molecule has 18 heteroatoms. The molecule has 0 radical (unpaired) electrons. The lowest BCUT2D eigenvalue weighted by atomic mass is 9.88. The van der Waals surface area contributed by atoms with Crippen LogP contribution in [0.25, 0.3) is 0 Å². The third-order valence-corrected chi connectivity index (χ3v) is 12.2. The van der Waals surface area contributed by atoms with E-state index in [4.69, 9.17) is 26.7 Å². The molecule has 2 heterocycles. The SMILES string of the molecule is CC(C)[C@@H](C(=O)N(C(=O)[C@H](C(C)C)N(C(=O)OC(C)(C)C)C(=O)[C@@H](N)Cc1ccccc1)[C@@H](CCc1ccncc1)[C@@H](O)[C@H](O)[C@@H](N)CCc1ccncc1)N(C(=O)OC(C)(C)C)C(=O)[C@@H](N)Cc1ccccc1. The summed E-state index contributed by atoms with van der Waals surface area (Å²) >= 11 is 0. The van der Waals surface area contributed by atoms with Crippen molar-refractivity contribution in [2.75, 3.05) is 0 Å². The predicted molar refractivity (Wildman–Crippen MR) is 280 cm³/mol. The van der Waals surface area contributed by atoms with Crippen LogP contribution in [0.4, 0.5) is 9.59 Å². The number of rotatable bonds is 22. The van der Waals surface area contributed by atoms with Gasteiger partial charge in [0.15, 0.2) is 0 Å². The molecule has 0 bridgehead atoms. The first kappa shape index (κ1) is 60.1. The molecule has 18 nitrogen and oxygen atoms in total. The van der Waals surface area contributed by atoms with Gasteiger partial charge in [-0.3, -0.25) is 34.0 Å². The Labute approximate surface area is 436 Å². The van der Waals surface area contributed by atoms with Crippen molar-refractivity contribution < 1.29 is 48.5 Å². The maximum atomic E-state index is 16.3.